The molecule has 2 aromatic carbocycles. The summed E-state index contributed by atoms with van der Waals surface area (Å²) in [6.07, 6.45) is 6.73. The molecule has 0 heterocycles. The summed E-state index contributed by atoms with van der Waals surface area (Å²) >= 11 is 12.2. The Labute approximate surface area is 179 Å². The van der Waals surface area contributed by atoms with Crippen molar-refractivity contribution in [3.8, 4) is 5.75 Å². The van der Waals surface area contributed by atoms with Crippen LogP contribution in [0.2, 0.25) is 10.0 Å². The fourth-order valence-corrected chi connectivity index (χ4v) is 4.91. The lowest BCUT2D eigenvalue weighted by Gasteiger charge is -2.40. The van der Waals surface area contributed by atoms with Gasteiger partial charge in [-0.25, -0.2) is 0 Å². The van der Waals surface area contributed by atoms with Gasteiger partial charge < -0.3 is 10.4 Å². The maximum Gasteiger partial charge on any atom is 0.115 e. The quantitative estimate of drug-likeness (QED) is 0.495. The van der Waals surface area contributed by atoms with Crippen LogP contribution >= 0.6 is 23.2 Å². The molecule has 3 unspecified atom stereocenters. The average molecular weight is 420 g/mol. The lowest BCUT2D eigenvalue weighted by molar-refractivity contribution is 0.265. The van der Waals surface area contributed by atoms with Gasteiger partial charge in [-0.1, -0.05) is 68.4 Å². The smallest absolute Gasteiger partial charge is 0.115 e. The first-order valence-corrected chi connectivity index (χ1v) is 11.3. The Morgan fingerprint density at radius 3 is 2.61 bits per heavy atom. The van der Waals surface area contributed by atoms with Crippen LogP contribution in [0, 0.1) is 5.92 Å². The van der Waals surface area contributed by atoms with Crippen molar-refractivity contribution in [3.63, 3.8) is 0 Å². The van der Waals surface area contributed by atoms with Crippen LogP contribution in [0.15, 0.2) is 36.4 Å². The topological polar surface area (TPSA) is 32.3 Å². The molecular formula is C24H31Cl2NO. The van der Waals surface area contributed by atoms with Crippen molar-refractivity contribution in [1.29, 1.82) is 0 Å². The van der Waals surface area contributed by atoms with Gasteiger partial charge >= 0.3 is 0 Å². The normalized spacial score (nSPS) is 21.5. The molecule has 0 saturated carbocycles. The van der Waals surface area contributed by atoms with Gasteiger partial charge in [-0.2, -0.15) is 0 Å². The van der Waals surface area contributed by atoms with E-state index in [4.69, 9.17) is 23.2 Å². The number of rotatable bonds is 8. The molecule has 152 valence electrons. The first-order valence-electron chi connectivity index (χ1n) is 10.5. The predicted octanol–water partition coefficient (Wildman–Crippen LogP) is 6.76. The number of halogens is 2. The van der Waals surface area contributed by atoms with Gasteiger partial charge in [-0.05, 0) is 78.6 Å². The highest BCUT2D eigenvalue weighted by Crippen LogP contribution is 2.41. The average Bonchev–Trinajstić information content (AvgIpc) is 2.69. The number of phenolic OH excluding ortho intramolecular Hbond substituents is 1. The number of hydrogen-bond donors (Lipinski definition) is 2. The second kappa shape index (κ2) is 10.0. The van der Waals surface area contributed by atoms with Crippen LogP contribution in [0.5, 0.6) is 5.75 Å². The van der Waals surface area contributed by atoms with Crippen LogP contribution < -0.4 is 5.32 Å². The molecule has 4 heteroatoms. The molecule has 0 radical (unpaired) electrons. The molecule has 2 N–H and O–H groups in total. The third kappa shape index (κ3) is 5.03. The minimum absolute atomic E-state index is 0.379. The zero-order valence-electron chi connectivity index (χ0n) is 16.8. The van der Waals surface area contributed by atoms with Crippen LogP contribution in [-0.4, -0.2) is 17.7 Å². The van der Waals surface area contributed by atoms with Crippen molar-refractivity contribution in [1.82, 2.24) is 5.32 Å². The molecule has 0 fully saturated rings. The van der Waals surface area contributed by atoms with Gasteiger partial charge in [-0.15, -0.1) is 0 Å². The number of hydrogen-bond acceptors (Lipinski definition) is 2. The van der Waals surface area contributed by atoms with E-state index in [1.807, 2.05) is 24.3 Å². The van der Waals surface area contributed by atoms with Crippen LogP contribution in [0.25, 0.3) is 0 Å². The Bertz CT molecular complexity index is 792. The molecule has 0 spiro atoms. The summed E-state index contributed by atoms with van der Waals surface area (Å²) in [6, 6.07) is 12.3. The molecular weight excluding hydrogens is 389 g/mol. The molecule has 0 bridgehead atoms. The fraction of sp³-hybridized carbons (Fsp3) is 0.500. The molecule has 3 rings (SSSR count). The standard InChI is InChI=1S/C24H31Cl2NO/c1-3-5-6-20-21-15-19(28)9-8-18(21)14-17(4-2)24(20)27-12-11-16-7-10-22(25)23(26)13-16/h7-10,13,15,17,20,24,27-28H,3-6,11-12,14H2,1-2H3. The van der Waals surface area contributed by atoms with Gasteiger partial charge in [0, 0.05) is 6.04 Å². The minimum Gasteiger partial charge on any atom is -0.508 e. The number of benzene rings is 2. The highest BCUT2D eigenvalue weighted by molar-refractivity contribution is 6.42. The van der Waals surface area contributed by atoms with Crippen molar-refractivity contribution in [2.75, 3.05) is 6.54 Å². The second-order valence-corrected chi connectivity index (χ2v) is 8.80. The summed E-state index contributed by atoms with van der Waals surface area (Å²) in [7, 11) is 0. The SMILES string of the molecule is CCCCC1c2cc(O)ccc2CC(CC)C1NCCc1ccc(Cl)c(Cl)c1. The van der Waals surface area contributed by atoms with Gasteiger partial charge in [0.25, 0.3) is 0 Å². The second-order valence-electron chi connectivity index (χ2n) is 7.98. The number of aromatic hydroxyl groups is 1. The molecule has 28 heavy (non-hydrogen) atoms. The first kappa shape index (κ1) is 21.5. The van der Waals surface area contributed by atoms with Gasteiger partial charge in [0.2, 0.25) is 0 Å². The van der Waals surface area contributed by atoms with E-state index in [0.29, 0.717) is 33.7 Å². The fourth-order valence-electron chi connectivity index (χ4n) is 4.59. The molecule has 0 amide bonds. The van der Waals surface area contributed by atoms with Gasteiger partial charge in [-0.3, -0.25) is 0 Å². The molecule has 3 atom stereocenters. The van der Waals surface area contributed by atoms with E-state index in [1.54, 1.807) is 0 Å². The van der Waals surface area contributed by atoms with E-state index < -0.39 is 0 Å². The van der Waals surface area contributed by atoms with E-state index >= 15 is 0 Å². The van der Waals surface area contributed by atoms with Crippen molar-refractivity contribution in [3.05, 3.63) is 63.1 Å². The van der Waals surface area contributed by atoms with E-state index in [0.717, 1.165) is 32.2 Å². The summed E-state index contributed by atoms with van der Waals surface area (Å²) in [6.45, 7) is 5.45. The zero-order chi connectivity index (χ0) is 20.1. The maximum absolute atomic E-state index is 10.1. The minimum atomic E-state index is 0.379. The van der Waals surface area contributed by atoms with Crippen molar-refractivity contribution >= 4 is 23.2 Å². The highest BCUT2D eigenvalue weighted by atomic mass is 35.5. The number of fused-ring (bicyclic) bond motifs is 1. The molecule has 2 aromatic rings. The third-order valence-electron chi connectivity index (χ3n) is 6.12. The summed E-state index contributed by atoms with van der Waals surface area (Å²) < 4.78 is 0. The monoisotopic (exact) mass is 419 g/mol. The summed E-state index contributed by atoms with van der Waals surface area (Å²) in [5.74, 6) is 1.45. The summed E-state index contributed by atoms with van der Waals surface area (Å²) in [5, 5.41) is 15.2. The lowest BCUT2D eigenvalue weighted by Crippen LogP contribution is -2.45. The Kier molecular flexibility index (Phi) is 7.68. The molecule has 1 aliphatic carbocycles. The van der Waals surface area contributed by atoms with Crippen LogP contribution in [0.1, 0.15) is 62.1 Å². The first-order chi connectivity index (χ1) is 13.5. The third-order valence-corrected chi connectivity index (χ3v) is 6.86. The molecule has 0 saturated heterocycles. The van der Waals surface area contributed by atoms with Gasteiger partial charge in [0.05, 0.1) is 10.0 Å². The van der Waals surface area contributed by atoms with E-state index in [1.165, 1.54) is 29.5 Å². The number of unbranched alkanes of at least 4 members (excludes halogenated alkanes) is 1. The van der Waals surface area contributed by atoms with Crippen molar-refractivity contribution < 1.29 is 5.11 Å². The molecule has 0 aromatic heterocycles. The van der Waals surface area contributed by atoms with Crippen LogP contribution in [-0.2, 0) is 12.8 Å². The Hall–Kier alpha value is -1.22. The maximum atomic E-state index is 10.1. The number of nitrogens with one attached hydrogen (secondary N) is 1. The summed E-state index contributed by atoms with van der Waals surface area (Å²) in [4.78, 5) is 0. The van der Waals surface area contributed by atoms with Gasteiger partial charge in [0.15, 0.2) is 0 Å². The molecule has 1 aliphatic rings. The van der Waals surface area contributed by atoms with Crippen LogP contribution in [0.3, 0.4) is 0 Å². The van der Waals surface area contributed by atoms with Crippen molar-refractivity contribution in [2.45, 2.75) is 64.3 Å². The van der Waals surface area contributed by atoms with Crippen molar-refractivity contribution in [2.24, 2.45) is 5.92 Å². The van der Waals surface area contributed by atoms with E-state index in [2.05, 4.69) is 31.3 Å². The van der Waals surface area contributed by atoms with Gasteiger partial charge in [0.1, 0.15) is 5.75 Å². The molecule has 0 aliphatic heterocycles. The molecule has 2 nitrogen and oxygen atoms in total. The zero-order valence-corrected chi connectivity index (χ0v) is 18.4. The Balaban J connectivity index is 1.76. The largest absolute Gasteiger partial charge is 0.508 e. The Morgan fingerprint density at radius 1 is 1.07 bits per heavy atom. The van der Waals surface area contributed by atoms with E-state index in [-0.39, 0.29) is 0 Å². The number of phenols is 1. The van der Waals surface area contributed by atoms with E-state index in [9.17, 15) is 5.11 Å². The highest BCUT2D eigenvalue weighted by Gasteiger charge is 2.35. The predicted molar refractivity (Wildman–Crippen MR) is 120 cm³/mol. The Morgan fingerprint density at radius 2 is 1.89 bits per heavy atom. The lowest BCUT2D eigenvalue weighted by atomic mass is 9.70. The van der Waals surface area contributed by atoms with Crippen LogP contribution in [0.4, 0.5) is 0 Å². The summed E-state index contributed by atoms with van der Waals surface area (Å²) in [5.41, 5.74) is 3.95.